The standard InChI is InChI=1S/C9H12N6O2S/c1-2-14-4-3-7(16)15(9(14)17)5-6-8(11-10)18-13-12-6/h3-4,11H,2,5,10H2,1H3. The van der Waals surface area contributed by atoms with Crippen molar-refractivity contribution >= 4 is 16.5 Å². The van der Waals surface area contributed by atoms with Crippen molar-refractivity contribution in [3.05, 3.63) is 38.8 Å². The average Bonchev–Trinajstić information content (AvgIpc) is 2.82. The highest BCUT2D eigenvalue weighted by atomic mass is 32.1. The number of nitrogens with one attached hydrogen (secondary N) is 1. The van der Waals surface area contributed by atoms with E-state index in [1.54, 1.807) is 0 Å². The number of aryl methyl sites for hydroxylation is 1. The molecule has 0 aliphatic rings. The van der Waals surface area contributed by atoms with Gasteiger partial charge in [0.25, 0.3) is 5.56 Å². The van der Waals surface area contributed by atoms with Crippen LogP contribution in [0.25, 0.3) is 0 Å². The molecule has 0 radical (unpaired) electrons. The van der Waals surface area contributed by atoms with Crippen molar-refractivity contribution in [1.82, 2.24) is 18.7 Å². The number of nitrogens with two attached hydrogens (primary N) is 1. The van der Waals surface area contributed by atoms with E-state index in [0.717, 1.165) is 16.1 Å². The van der Waals surface area contributed by atoms with Crippen molar-refractivity contribution in [3.8, 4) is 0 Å². The van der Waals surface area contributed by atoms with E-state index < -0.39 is 0 Å². The molecular formula is C9H12N6O2S. The fourth-order valence-corrected chi connectivity index (χ4v) is 2.00. The molecule has 18 heavy (non-hydrogen) atoms. The third-order valence-corrected chi connectivity index (χ3v) is 3.17. The number of nitrogen functional groups attached to an aromatic ring is 1. The normalized spacial score (nSPS) is 10.6. The van der Waals surface area contributed by atoms with Crippen LogP contribution in [-0.2, 0) is 13.1 Å². The van der Waals surface area contributed by atoms with Gasteiger partial charge in [-0.1, -0.05) is 4.49 Å². The molecule has 0 aliphatic carbocycles. The molecule has 3 N–H and O–H groups in total. The summed E-state index contributed by atoms with van der Waals surface area (Å²) in [6, 6.07) is 1.35. The Kier molecular flexibility index (Phi) is 3.53. The summed E-state index contributed by atoms with van der Waals surface area (Å²) in [6.07, 6.45) is 1.47. The lowest BCUT2D eigenvalue weighted by molar-refractivity contribution is 0.594. The molecule has 0 unspecified atom stereocenters. The Hall–Kier alpha value is -2.00. The Labute approximate surface area is 106 Å². The second-order valence-electron chi connectivity index (χ2n) is 3.50. The van der Waals surface area contributed by atoms with Crippen molar-refractivity contribution in [1.29, 1.82) is 0 Å². The van der Waals surface area contributed by atoms with Crippen molar-refractivity contribution in [2.45, 2.75) is 20.0 Å². The first-order valence-corrected chi connectivity index (χ1v) is 6.02. The first-order valence-electron chi connectivity index (χ1n) is 5.25. The summed E-state index contributed by atoms with van der Waals surface area (Å²) >= 11 is 1.07. The van der Waals surface area contributed by atoms with Crippen molar-refractivity contribution in [2.75, 3.05) is 5.43 Å². The zero-order chi connectivity index (χ0) is 13.1. The van der Waals surface area contributed by atoms with Crippen molar-refractivity contribution < 1.29 is 0 Å². The molecule has 0 bridgehead atoms. The van der Waals surface area contributed by atoms with E-state index in [0.29, 0.717) is 17.2 Å². The number of hydrogen-bond donors (Lipinski definition) is 2. The van der Waals surface area contributed by atoms with Crippen LogP contribution in [0.4, 0.5) is 5.00 Å². The highest BCUT2D eigenvalue weighted by Gasteiger charge is 2.11. The minimum Gasteiger partial charge on any atom is -0.313 e. The lowest BCUT2D eigenvalue weighted by Gasteiger charge is -2.07. The van der Waals surface area contributed by atoms with Crippen LogP contribution in [0.3, 0.4) is 0 Å². The summed E-state index contributed by atoms with van der Waals surface area (Å²) < 4.78 is 6.26. The highest BCUT2D eigenvalue weighted by molar-refractivity contribution is 7.10. The SMILES string of the molecule is CCn1ccc(=O)n(Cc2nnsc2NN)c1=O. The van der Waals surface area contributed by atoms with Crippen LogP contribution in [0.2, 0.25) is 0 Å². The Balaban J connectivity index is 2.46. The van der Waals surface area contributed by atoms with Gasteiger partial charge in [0.05, 0.1) is 6.54 Å². The van der Waals surface area contributed by atoms with Crippen LogP contribution < -0.4 is 22.5 Å². The average molecular weight is 268 g/mol. The summed E-state index contributed by atoms with van der Waals surface area (Å²) in [5, 5.41) is 4.37. The van der Waals surface area contributed by atoms with E-state index in [1.807, 2.05) is 6.92 Å². The van der Waals surface area contributed by atoms with Gasteiger partial charge in [0.1, 0.15) is 10.7 Å². The zero-order valence-electron chi connectivity index (χ0n) is 9.66. The monoisotopic (exact) mass is 268 g/mol. The summed E-state index contributed by atoms with van der Waals surface area (Å²) in [5.41, 5.74) is 2.15. The zero-order valence-corrected chi connectivity index (χ0v) is 10.5. The molecule has 0 fully saturated rings. The molecule has 96 valence electrons. The molecule has 0 saturated carbocycles. The number of hydrazine groups is 1. The molecular weight excluding hydrogens is 256 g/mol. The third-order valence-electron chi connectivity index (χ3n) is 2.48. The third kappa shape index (κ3) is 2.17. The molecule has 0 spiro atoms. The molecule has 0 aromatic carbocycles. The summed E-state index contributed by atoms with van der Waals surface area (Å²) in [4.78, 5) is 23.7. The maximum absolute atomic E-state index is 12.0. The van der Waals surface area contributed by atoms with Crippen LogP contribution in [0.5, 0.6) is 0 Å². The summed E-state index contributed by atoms with van der Waals surface area (Å²) in [5.74, 6) is 5.29. The maximum atomic E-state index is 12.0. The van der Waals surface area contributed by atoms with Crippen LogP contribution in [0.15, 0.2) is 21.9 Å². The van der Waals surface area contributed by atoms with Crippen LogP contribution in [-0.4, -0.2) is 18.7 Å². The van der Waals surface area contributed by atoms with E-state index >= 15 is 0 Å². The van der Waals surface area contributed by atoms with Gasteiger partial charge in [-0.3, -0.25) is 9.36 Å². The minimum absolute atomic E-state index is 0.0501. The lowest BCUT2D eigenvalue weighted by atomic mass is 10.4. The van der Waals surface area contributed by atoms with Gasteiger partial charge in [-0.2, -0.15) is 0 Å². The molecule has 0 aliphatic heterocycles. The Bertz CT molecular complexity index is 658. The smallest absolute Gasteiger partial charge is 0.313 e. The Morgan fingerprint density at radius 2 is 2.28 bits per heavy atom. The number of nitrogens with zero attached hydrogens (tertiary/aromatic N) is 4. The van der Waals surface area contributed by atoms with E-state index in [1.165, 1.54) is 16.8 Å². The molecule has 0 atom stereocenters. The van der Waals surface area contributed by atoms with Gasteiger partial charge < -0.3 is 9.99 Å². The second kappa shape index (κ2) is 5.10. The lowest BCUT2D eigenvalue weighted by Crippen LogP contribution is -2.39. The highest BCUT2D eigenvalue weighted by Crippen LogP contribution is 2.15. The quantitative estimate of drug-likeness (QED) is 0.556. The predicted octanol–water partition coefficient (Wildman–Crippen LogP) is -0.785. The van der Waals surface area contributed by atoms with Crippen molar-refractivity contribution in [2.24, 2.45) is 5.84 Å². The topological polar surface area (TPSA) is 108 Å². The molecule has 8 nitrogen and oxygen atoms in total. The van der Waals surface area contributed by atoms with Crippen molar-refractivity contribution in [3.63, 3.8) is 0 Å². The van der Waals surface area contributed by atoms with Crippen LogP contribution in [0, 0.1) is 0 Å². The fraction of sp³-hybridized carbons (Fsp3) is 0.333. The first kappa shape index (κ1) is 12.5. The first-order chi connectivity index (χ1) is 8.67. The second-order valence-corrected chi connectivity index (χ2v) is 4.26. The molecule has 0 amide bonds. The van der Waals surface area contributed by atoms with Gasteiger partial charge in [-0.05, 0) is 6.92 Å². The number of aromatic nitrogens is 4. The largest absolute Gasteiger partial charge is 0.331 e. The Morgan fingerprint density at radius 1 is 1.50 bits per heavy atom. The summed E-state index contributed by atoms with van der Waals surface area (Å²) in [6.45, 7) is 2.37. The van der Waals surface area contributed by atoms with E-state index in [-0.39, 0.29) is 17.8 Å². The van der Waals surface area contributed by atoms with Gasteiger partial charge in [-0.25, -0.2) is 10.6 Å². The Morgan fingerprint density at radius 3 is 2.94 bits per heavy atom. The molecule has 0 saturated heterocycles. The molecule has 2 aromatic heterocycles. The van der Waals surface area contributed by atoms with Gasteiger partial charge >= 0.3 is 5.69 Å². The predicted molar refractivity (Wildman–Crippen MR) is 67.5 cm³/mol. The van der Waals surface area contributed by atoms with Gasteiger partial charge in [0.15, 0.2) is 0 Å². The van der Waals surface area contributed by atoms with Gasteiger partial charge in [0.2, 0.25) is 0 Å². The number of hydrogen-bond acceptors (Lipinski definition) is 7. The van der Waals surface area contributed by atoms with E-state index in [4.69, 9.17) is 5.84 Å². The molecule has 2 heterocycles. The summed E-state index contributed by atoms with van der Waals surface area (Å²) in [7, 11) is 0. The molecule has 2 aromatic rings. The number of anilines is 1. The maximum Gasteiger partial charge on any atom is 0.331 e. The number of rotatable bonds is 4. The molecule has 9 heteroatoms. The van der Waals surface area contributed by atoms with Crippen LogP contribution in [0.1, 0.15) is 12.6 Å². The van der Waals surface area contributed by atoms with Crippen LogP contribution >= 0.6 is 11.5 Å². The minimum atomic E-state index is -0.374. The van der Waals surface area contributed by atoms with Gasteiger partial charge in [-0.15, -0.1) is 5.10 Å². The van der Waals surface area contributed by atoms with E-state index in [9.17, 15) is 9.59 Å². The van der Waals surface area contributed by atoms with Gasteiger partial charge in [0, 0.05) is 30.3 Å². The van der Waals surface area contributed by atoms with E-state index in [2.05, 4.69) is 15.0 Å². The molecule has 2 rings (SSSR count). The fourth-order valence-electron chi connectivity index (χ4n) is 1.51.